The molecule has 2 rings (SSSR count). The minimum absolute atomic E-state index is 0.0250. The summed E-state index contributed by atoms with van der Waals surface area (Å²) in [6.07, 6.45) is 0. The number of benzene rings is 1. The van der Waals surface area contributed by atoms with Crippen LogP contribution in [0.4, 0.5) is 0 Å². The van der Waals surface area contributed by atoms with Gasteiger partial charge in [-0.05, 0) is 38.2 Å². The quantitative estimate of drug-likeness (QED) is 0.879. The van der Waals surface area contributed by atoms with Gasteiger partial charge in [0, 0.05) is 12.1 Å². The molecule has 0 spiro atoms. The molecule has 1 aromatic rings. The fourth-order valence-corrected chi connectivity index (χ4v) is 2.82. The van der Waals surface area contributed by atoms with E-state index in [1.807, 2.05) is 6.92 Å². The van der Waals surface area contributed by atoms with Crippen molar-refractivity contribution in [2.24, 2.45) is 0 Å². The first-order valence-corrected chi connectivity index (χ1v) is 7.86. The topological polar surface area (TPSA) is 75.7 Å². The highest BCUT2D eigenvalue weighted by molar-refractivity contribution is 7.89. The average Bonchev–Trinajstić information content (AvgIpc) is 2.47. The highest BCUT2D eigenvalue weighted by Gasteiger charge is 2.25. The van der Waals surface area contributed by atoms with Crippen LogP contribution in [0.25, 0.3) is 0 Å². The number of carbonyl (C=O) groups excluding carboxylic acids is 1. The Bertz CT molecular complexity index is 583. The summed E-state index contributed by atoms with van der Waals surface area (Å²) in [5.41, 5.74) is 0.480. The molecule has 1 saturated heterocycles. The van der Waals surface area contributed by atoms with E-state index in [0.717, 1.165) is 0 Å². The lowest BCUT2D eigenvalue weighted by molar-refractivity contribution is 0.00359. The van der Waals surface area contributed by atoms with Crippen LogP contribution in [0.1, 0.15) is 17.3 Å². The lowest BCUT2D eigenvalue weighted by Gasteiger charge is -2.33. The maximum absolute atomic E-state index is 12.3. The van der Waals surface area contributed by atoms with Gasteiger partial charge in [0.25, 0.3) is 5.91 Å². The number of ether oxygens (including phenoxy) is 1. The van der Waals surface area contributed by atoms with Crippen molar-refractivity contribution in [3.05, 3.63) is 29.8 Å². The molecule has 1 amide bonds. The number of nitrogens with one attached hydrogen (secondary N) is 1. The number of rotatable bonds is 3. The fourth-order valence-electron chi connectivity index (χ4n) is 2.09. The number of nitrogens with zero attached hydrogens (tertiary/aromatic N) is 1. The van der Waals surface area contributed by atoms with Crippen molar-refractivity contribution in [2.75, 3.05) is 26.8 Å². The van der Waals surface area contributed by atoms with Gasteiger partial charge < -0.3 is 9.64 Å². The Morgan fingerprint density at radius 1 is 1.35 bits per heavy atom. The van der Waals surface area contributed by atoms with Crippen molar-refractivity contribution < 1.29 is 17.9 Å². The third-order valence-corrected chi connectivity index (χ3v) is 4.74. The maximum Gasteiger partial charge on any atom is 0.254 e. The SMILES string of the molecule is CNS(=O)(=O)c1ccc(C(=O)N2CCOCC2C)cc1. The van der Waals surface area contributed by atoms with Gasteiger partial charge >= 0.3 is 0 Å². The van der Waals surface area contributed by atoms with Crippen LogP contribution in [0.15, 0.2) is 29.2 Å². The number of hydrogen-bond donors (Lipinski definition) is 1. The van der Waals surface area contributed by atoms with Gasteiger partial charge in [0.15, 0.2) is 0 Å². The summed E-state index contributed by atoms with van der Waals surface area (Å²) in [5, 5.41) is 0. The Labute approximate surface area is 118 Å². The summed E-state index contributed by atoms with van der Waals surface area (Å²) in [4.78, 5) is 14.2. The molecule has 1 unspecified atom stereocenters. The second-order valence-electron chi connectivity index (χ2n) is 4.65. The van der Waals surface area contributed by atoms with Crippen LogP contribution in [-0.2, 0) is 14.8 Å². The predicted octanol–water partition coefficient (Wildman–Crippen LogP) is 0.456. The van der Waals surface area contributed by atoms with Gasteiger partial charge in [-0.3, -0.25) is 4.79 Å². The molecular weight excluding hydrogens is 280 g/mol. The molecule has 1 aliphatic heterocycles. The summed E-state index contributed by atoms with van der Waals surface area (Å²) in [7, 11) is -2.12. The number of morpholine rings is 1. The minimum atomic E-state index is -3.47. The Morgan fingerprint density at radius 2 is 2.00 bits per heavy atom. The lowest BCUT2D eigenvalue weighted by Crippen LogP contribution is -2.47. The normalized spacial score (nSPS) is 19.9. The van der Waals surface area contributed by atoms with E-state index in [9.17, 15) is 13.2 Å². The van der Waals surface area contributed by atoms with Gasteiger partial charge in [-0.25, -0.2) is 13.1 Å². The van der Waals surface area contributed by atoms with Crippen LogP contribution in [0.5, 0.6) is 0 Å². The van der Waals surface area contributed by atoms with Crippen molar-refractivity contribution in [2.45, 2.75) is 17.9 Å². The zero-order valence-electron chi connectivity index (χ0n) is 11.5. The second-order valence-corrected chi connectivity index (χ2v) is 6.54. The molecule has 1 atom stereocenters. The zero-order chi connectivity index (χ0) is 14.8. The molecule has 0 bridgehead atoms. The van der Waals surface area contributed by atoms with E-state index in [1.54, 1.807) is 4.90 Å². The Balaban J connectivity index is 2.19. The molecule has 0 saturated carbocycles. The molecule has 1 heterocycles. The first-order valence-electron chi connectivity index (χ1n) is 6.38. The molecular formula is C13H18N2O4S. The standard InChI is InChI=1S/C13H18N2O4S/c1-10-9-19-8-7-15(10)13(16)11-3-5-12(6-4-11)20(17,18)14-2/h3-6,10,14H,7-9H2,1-2H3. The average molecular weight is 298 g/mol. The van der Waals surface area contributed by atoms with E-state index in [1.165, 1.54) is 31.3 Å². The van der Waals surface area contributed by atoms with Crippen LogP contribution in [0, 0.1) is 0 Å². The van der Waals surface area contributed by atoms with Gasteiger partial charge in [-0.2, -0.15) is 0 Å². The molecule has 1 aliphatic rings. The summed E-state index contributed by atoms with van der Waals surface area (Å²) in [6.45, 7) is 3.54. The second kappa shape index (κ2) is 5.90. The van der Waals surface area contributed by atoms with Crippen LogP contribution in [0.3, 0.4) is 0 Å². The molecule has 1 fully saturated rings. The van der Waals surface area contributed by atoms with Crippen LogP contribution in [-0.4, -0.2) is 52.1 Å². The van der Waals surface area contributed by atoms with E-state index < -0.39 is 10.0 Å². The lowest BCUT2D eigenvalue weighted by atomic mass is 10.1. The van der Waals surface area contributed by atoms with Gasteiger partial charge in [0.1, 0.15) is 0 Å². The molecule has 0 radical (unpaired) electrons. The van der Waals surface area contributed by atoms with Crippen LogP contribution < -0.4 is 4.72 Å². The van der Waals surface area contributed by atoms with E-state index in [-0.39, 0.29) is 16.8 Å². The van der Waals surface area contributed by atoms with Crippen molar-refractivity contribution in [1.29, 1.82) is 0 Å². The highest BCUT2D eigenvalue weighted by Crippen LogP contribution is 2.15. The monoisotopic (exact) mass is 298 g/mol. The molecule has 1 aromatic carbocycles. The number of carbonyl (C=O) groups is 1. The molecule has 110 valence electrons. The number of amides is 1. The van der Waals surface area contributed by atoms with Gasteiger partial charge in [0.05, 0.1) is 24.2 Å². The zero-order valence-corrected chi connectivity index (χ0v) is 12.3. The predicted molar refractivity (Wildman–Crippen MR) is 74.0 cm³/mol. The van der Waals surface area contributed by atoms with Crippen molar-refractivity contribution in [3.63, 3.8) is 0 Å². The summed E-state index contributed by atoms with van der Waals surface area (Å²) in [6, 6.07) is 5.97. The highest BCUT2D eigenvalue weighted by atomic mass is 32.2. The van der Waals surface area contributed by atoms with Crippen molar-refractivity contribution in [1.82, 2.24) is 9.62 Å². The largest absolute Gasteiger partial charge is 0.377 e. The maximum atomic E-state index is 12.3. The van der Waals surface area contributed by atoms with Crippen molar-refractivity contribution in [3.8, 4) is 0 Å². The molecule has 7 heteroatoms. The van der Waals surface area contributed by atoms with E-state index in [0.29, 0.717) is 25.3 Å². The van der Waals surface area contributed by atoms with E-state index in [2.05, 4.69) is 4.72 Å². The molecule has 6 nitrogen and oxygen atoms in total. The van der Waals surface area contributed by atoms with Gasteiger partial charge in [0.2, 0.25) is 10.0 Å². The molecule has 0 aromatic heterocycles. The van der Waals surface area contributed by atoms with Crippen LogP contribution >= 0.6 is 0 Å². The third-order valence-electron chi connectivity index (χ3n) is 3.31. The first-order chi connectivity index (χ1) is 9.45. The third kappa shape index (κ3) is 3.00. The van der Waals surface area contributed by atoms with Gasteiger partial charge in [-0.1, -0.05) is 0 Å². The fraction of sp³-hybridized carbons (Fsp3) is 0.462. The number of sulfonamides is 1. The summed E-state index contributed by atoms with van der Waals surface area (Å²) >= 11 is 0. The smallest absolute Gasteiger partial charge is 0.254 e. The minimum Gasteiger partial charge on any atom is -0.377 e. The summed E-state index contributed by atoms with van der Waals surface area (Å²) in [5.74, 6) is -0.103. The first kappa shape index (κ1) is 15.0. The Hall–Kier alpha value is -1.44. The van der Waals surface area contributed by atoms with Crippen molar-refractivity contribution >= 4 is 15.9 Å². The number of hydrogen-bond acceptors (Lipinski definition) is 4. The Morgan fingerprint density at radius 3 is 2.55 bits per heavy atom. The van der Waals surface area contributed by atoms with E-state index >= 15 is 0 Å². The van der Waals surface area contributed by atoms with Gasteiger partial charge in [-0.15, -0.1) is 0 Å². The summed E-state index contributed by atoms with van der Waals surface area (Å²) < 4.78 is 30.8. The molecule has 20 heavy (non-hydrogen) atoms. The molecule has 1 N–H and O–H groups in total. The Kier molecular flexibility index (Phi) is 4.42. The molecule has 0 aliphatic carbocycles. The van der Waals surface area contributed by atoms with Crippen LogP contribution in [0.2, 0.25) is 0 Å². The van der Waals surface area contributed by atoms with E-state index in [4.69, 9.17) is 4.74 Å².